The quantitative estimate of drug-likeness (QED) is 0.862. The Labute approximate surface area is 99.1 Å². The lowest BCUT2D eigenvalue weighted by Gasteiger charge is -2.14. The van der Waals surface area contributed by atoms with Gasteiger partial charge in [-0.05, 0) is 18.1 Å². The zero-order valence-electron chi connectivity index (χ0n) is 8.83. The van der Waals surface area contributed by atoms with E-state index in [2.05, 4.69) is 34.7 Å². The van der Waals surface area contributed by atoms with Crippen molar-refractivity contribution >= 4 is 15.9 Å². The maximum Gasteiger partial charge on any atom is 0.0681 e. The summed E-state index contributed by atoms with van der Waals surface area (Å²) in [6.45, 7) is 6.69. The SMILES string of the molecule is C=C(Br)CNC(C)c1cccc(CO)c1. The number of benzene rings is 1. The summed E-state index contributed by atoms with van der Waals surface area (Å²) in [4.78, 5) is 0. The van der Waals surface area contributed by atoms with Gasteiger partial charge in [0.2, 0.25) is 0 Å². The second-order valence-electron chi connectivity index (χ2n) is 3.52. The summed E-state index contributed by atoms with van der Waals surface area (Å²) < 4.78 is 0.938. The van der Waals surface area contributed by atoms with E-state index in [0.717, 1.165) is 16.6 Å². The Morgan fingerprint density at radius 3 is 2.93 bits per heavy atom. The molecular formula is C12H16BrNO. The minimum atomic E-state index is 0.0890. The van der Waals surface area contributed by atoms with Crippen LogP contribution in [-0.2, 0) is 6.61 Å². The number of aliphatic hydroxyl groups excluding tert-OH is 1. The molecule has 1 unspecified atom stereocenters. The summed E-state index contributed by atoms with van der Waals surface area (Å²) >= 11 is 3.31. The monoisotopic (exact) mass is 269 g/mol. The molecule has 0 radical (unpaired) electrons. The first-order valence-electron chi connectivity index (χ1n) is 4.90. The fourth-order valence-corrected chi connectivity index (χ4v) is 1.50. The van der Waals surface area contributed by atoms with E-state index in [1.165, 1.54) is 5.56 Å². The van der Waals surface area contributed by atoms with Gasteiger partial charge in [-0.25, -0.2) is 0 Å². The maximum absolute atomic E-state index is 9.02. The van der Waals surface area contributed by atoms with E-state index in [1.54, 1.807) is 0 Å². The van der Waals surface area contributed by atoms with Gasteiger partial charge in [0.05, 0.1) is 6.61 Å². The molecule has 2 nitrogen and oxygen atoms in total. The molecule has 0 aliphatic rings. The highest BCUT2D eigenvalue weighted by atomic mass is 79.9. The molecule has 3 heteroatoms. The average molecular weight is 270 g/mol. The van der Waals surface area contributed by atoms with E-state index in [4.69, 9.17) is 5.11 Å². The summed E-state index contributed by atoms with van der Waals surface area (Å²) in [6, 6.07) is 8.19. The second kappa shape index (κ2) is 6.05. The van der Waals surface area contributed by atoms with Crippen molar-refractivity contribution in [3.05, 3.63) is 46.5 Å². The molecular weight excluding hydrogens is 254 g/mol. The number of hydrogen-bond donors (Lipinski definition) is 2. The molecule has 1 rings (SSSR count). The van der Waals surface area contributed by atoms with E-state index >= 15 is 0 Å². The van der Waals surface area contributed by atoms with E-state index in [1.807, 2.05) is 24.3 Å². The van der Waals surface area contributed by atoms with Crippen LogP contribution in [0.5, 0.6) is 0 Å². The van der Waals surface area contributed by atoms with Gasteiger partial charge < -0.3 is 10.4 Å². The fraction of sp³-hybridized carbons (Fsp3) is 0.333. The van der Waals surface area contributed by atoms with Crippen LogP contribution < -0.4 is 5.32 Å². The third-order valence-corrected chi connectivity index (χ3v) is 2.51. The van der Waals surface area contributed by atoms with Gasteiger partial charge in [-0.1, -0.05) is 46.8 Å². The predicted octanol–water partition coefficient (Wildman–Crippen LogP) is 2.74. The van der Waals surface area contributed by atoms with Crippen molar-refractivity contribution in [3.63, 3.8) is 0 Å². The van der Waals surface area contributed by atoms with Crippen molar-refractivity contribution in [2.24, 2.45) is 0 Å². The van der Waals surface area contributed by atoms with Crippen molar-refractivity contribution in [2.45, 2.75) is 19.6 Å². The lowest BCUT2D eigenvalue weighted by Crippen LogP contribution is -2.19. The molecule has 15 heavy (non-hydrogen) atoms. The van der Waals surface area contributed by atoms with E-state index in [-0.39, 0.29) is 12.6 Å². The Kier molecular flexibility index (Phi) is 5.02. The zero-order valence-corrected chi connectivity index (χ0v) is 10.4. The molecule has 0 aliphatic carbocycles. The normalized spacial score (nSPS) is 12.5. The smallest absolute Gasteiger partial charge is 0.0681 e. The highest BCUT2D eigenvalue weighted by Crippen LogP contribution is 2.14. The Morgan fingerprint density at radius 2 is 2.33 bits per heavy atom. The summed E-state index contributed by atoms with van der Waals surface area (Å²) in [5, 5.41) is 12.3. The van der Waals surface area contributed by atoms with Crippen LogP contribution in [0.15, 0.2) is 35.3 Å². The van der Waals surface area contributed by atoms with Crippen LogP contribution in [-0.4, -0.2) is 11.7 Å². The maximum atomic E-state index is 9.02. The molecule has 0 aromatic heterocycles. The third kappa shape index (κ3) is 4.16. The summed E-state index contributed by atoms with van der Waals surface area (Å²) in [6.07, 6.45) is 0. The van der Waals surface area contributed by atoms with Crippen LogP contribution in [0.2, 0.25) is 0 Å². The van der Waals surface area contributed by atoms with Crippen molar-refractivity contribution < 1.29 is 5.11 Å². The second-order valence-corrected chi connectivity index (χ2v) is 4.64. The summed E-state index contributed by atoms with van der Waals surface area (Å²) in [5.41, 5.74) is 2.12. The number of hydrogen-bond acceptors (Lipinski definition) is 2. The molecule has 0 aliphatic heterocycles. The predicted molar refractivity (Wildman–Crippen MR) is 66.8 cm³/mol. The highest BCUT2D eigenvalue weighted by Gasteiger charge is 2.04. The van der Waals surface area contributed by atoms with Gasteiger partial charge in [0.25, 0.3) is 0 Å². The van der Waals surface area contributed by atoms with Crippen LogP contribution in [0.3, 0.4) is 0 Å². The van der Waals surface area contributed by atoms with Crippen LogP contribution in [0, 0.1) is 0 Å². The first-order chi connectivity index (χ1) is 7.13. The van der Waals surface area contributed by atoms with E-state index < -0.39 is 0 Å². The topological polar surface area (TPSA) is 32.3 Å². The molecule has 2 N–H and O–H groups in total. The third-order valence-electron chi connectivity index (χ3n) is 2.23. The van der Waals surface area contributed by atoms with Crippen molar-refractivity contribution in [2.75, 3.05) is 6.54 Å². The van der Waals surface area contributed by atoms with Crippen LogP contribution >= 0.6 is 15.9 Å². The molecule has 1 aromatic carbocycles. The molecule has 0 heterocycles. The number of nitrogens with one attached hydrogen (secondary N) is 1. The fourth-order valence-electron chi connectivity index (χ4n) is 1.34. The Morgan fingerprint density at radius 1 is 1.60 bits per heavy atom. The molecule has 0 saturated heterocycles. The van der Waals surface area contributed by atoms with Gasteiger partial charge in [-0.3, -0.25) is 0 Å². The molecule has 1 aromatic rings. The Bertz CT molecular complexity index is 338. The van der Waals surface area contributed by atoms with Crippen LogP contribution in [0.1, 0.15) is 24.1 Å². The van der Waals surface area contributed by atoms with Crippen molar-refractivity contribution in [3.8, 4) is 0 Å². The summed E-state index contributed by atoms with van der Waals surface area (Å²) in [7, 11) is 0. The molecule has 1 atom stereocenters. The molecule has 82 valence electrons. The van der Waals surface area contributed by atoms with Crippen molar-refractivity contribution in [1.82, 2.24) is 5.32 Å². The minimum Gasteiger partial charge on any atom is -0.392 e. The standard InChI is InChI=1S/C12H16BrNO/c1-9(13)7-14-10(2)12-5-3-4-11(6-12)8-15/h3-6,10,14-15H,1,7-8H2,2H3. The number of halogens is 1. The van der Waals surface area contributed by atoms with E-state index in [0.29, 0.717) is 0 Å². The zero-order chi connectivity index (χ0) is 11.3. The molecule has 0 saturated carbocycles. The Hall–Kier alpha value is -0.640. The molecule has 0 amide bonds. The first-order valence-corrected chi connectivity index (χ1v) is 5.69. The van der Waals surface area contributed by atoms with Gasteiger partial charge in [0, 0.05) is 17.1 Å². The highest BCUT2D eigenvalue weighted by molar-refractivity contribution is 9.11. The molecule has 0 spiro atoms. The lowest BCUT2D eigenvalue weighted by molar-refractivity contribution is 0.281. The Balaban J connectivity index is 2.64. The minimum absolute atomic E-state index is 0.0890. The molecule has 0 bridgehead atoms. The van der Waals surface area contributed by atoms with Gasteiger partial charge in [-0.15, -0.1) is 0 Å². The summed E-state index contributed by atoms with van der Waals surface area (Å²) in [5.74, 6) is 0. The largest absolute Gasteiger partial charge is 0.392 e. The van der Waals surface area contributed by atoms with E-state index in [9.17, 15) is 0 Å². The number of rotatable bonds is 5. The first kappa shape index (κ1) is 12.4. The van der Waals surface area contributed by atoms with Gasteiger partial charge in [-0.2, -0.15) is 0 Å². The average Bonchev–Trinajstić information content (AvgIpc) is 2.26. The van der Waals surface area contributed by atoms with Crippen molar-refractivity contribution in [1.29, 1.82) is 0 Å². The lowest BCUT2D eigenvalue weighted by atomic mass is 10.1. The van der Waals surface area contributed by atoms with Crippen LogP contribution in [0.25, 0.3) is 0 Å². The van der Waals surface area contributed by atoms with Gasteiger partial charge in [0.1, 0.15) is 0 Å². The number of aliphatic hydroxyl groups is 1. The van der Waals surface area contributed by atoms with Crippen LogP contribution in [0.4, 0.5) is 0 Å². The molecule has 0 fully saturated rings. The van der Waals surface area contributed by atoms with Gasteiger partial charge >= 0.3 is 0 Å². The van der Waals surface area contributed by atoms with Gasteiger partial charge in [0.15, 0.2) is 0 Å².